The van der Waals surface area contributed by atoms with E-state index in [2.05, 4.69) is 5.32 Å². The summed E-state index contributed by atoms with van der Waals surface area (Å²) in [6.07, 6.45) is -0.619. The summed E-state index contributed by atoms with van der Waals surface area (Å²) in [7, 11) is 0. The largest absolute Gasteiger partial charge is 0.397 e. The summed E-state index contributed by atoms with van der Waals surface area (Å²) in [5, 5.41) is 11.2. The molecule has 0 saturated carbocycles. The van der Waals surface area contributed by atoms with E-state index in [1.54, 1.807) is 31.2 Å². The van der Waals surface area contributed by atoms with E-state index in [-0.39, 0.29) is 19.1 Å². The molecule has 1 amide bonds. The minimum absolute atomic E-state index is 0.106. The lowest BCUT2D eigenvalue weighted by atomic mass is 10.2. The molecule has 0 spiro atoms. The molecule has 16 heavy (non-hydrogen) atoms. The molecule has 1 atom stereocenters. The molecule has 4 N–H and O–H groups in total. The van der Waals surface area contributed by atoms with Crippen molar-refractivity contribution in [1.29, 1.82) is 0 Å². The average molecular weight is 224 g/mol. The lowest BCUT2D eigenvalue weighted by Crippen LogP contribution is -2.28. The zero-order valence-corrected chi connectivity index (χ0v) is 9.14. The van der Waals surface area contributed by atoms with Crippen LogP contribution < -0.4 is 11.1 Å². The van der Waals surface area contributed by atoms with Crippen LogP contribution in [0.5, 0.6) is 0 Å². The minimum Gasteiger partial charge on any atom is -0.397 e. The average Bonchev–Trinajstić information content (AvgIpc) is 2.28. The summed E-state index contributed by atoms with van der Waals surface area (Å²) in [6, 6.07) is 6.99. The maximum atomic E-state index is 11.6. The number of anilines is 2. The van der Waals surface area contributed by atoms with Crippen molar-refractivity contribution >= 4 is 17.3 Å². The molecule has 0 saturated heterocycles. The van der Waals surface area contributed by atoms with Crippen LogP contribution in [0.15, 0.2) is 24.3 Å². The van der Waals surface area contributed by atoms with Gasteiger partial charge in [-0.3, -0.25) is 4.79 Å². The van der Waals surface area contributed by atoms with E-state index >= 15 is 0 Å². The van der Waals surface area contributed by atoms with Crippen LogP contribution in [-0.4, -0.2) is 30.3 Å². The Kier molecular flexibility index (Phi) is 4.75. The van der Waals surface area contributed by atoms with Crippen LogP contribution >= 0.6 is 0 Å². The Hall–Kier alpha value is -1.59. The second-order valence-electron chi connectivity index (χ2n) is 3.31. The molecule has 0 heterocycles. The van der Waals surface area contributed by atoms with Gasteiger partial charge in [0.25, 0.3) is 5.91 Å². The molecule has 5 nitrogen and oxygen atoms in total. The van der Waals surface area contributed by atoms with E-state index in [0.717, 1.165) is 0 Å². The number of hydrogen-bond donors (Lipinski definition) is 3. The molecule has 0 bridgehead atoms. The van der Waals surface area contributed by atoms with Gasteiger partial charge in [0, 0.05) is 0 Å². The third-order valence-corrected chi connectivity index (χ3v) is 2.05. The summed E-state index contributed by atoms with van der Waals surface area (Å²) in [5.41, 5.74) is 6.74. The lowest BCUT2D eigenvalue weighted by molar-refractivity contribution is -0.126. The lowest BCUT2D eigenvalue weighted by Gasteiger charge is -2.13. The van der Waals surface area contributed by atoms with Crippen LogP contribution in [0, 0.1) is 0 Å². The van der Waals surface area contributed by atoms with Gasteiger partial charge in [-0.15, -0.1) is 0 Å². The number of hydrogen-bond acceptors (Lipinski definition) is 4. The number of rotatable bonds is 5. The smallest absolute Gasteiger partial charge is 0.253 e. The van der Waals surface area contributed by atoms with E-state index in [1.807, 2.05) is 0 Å². The van der Waals surface area contributed by atoms with Crippen LogP contribution in [0.3, 0.4) is 0 Å². The first-order valence-electron chi connectivity index (χ1n) is 5.03. The van der Waals surface area contributed by atoms with Crippen molar-refractivity contribution in [2.45, 2.75) is 13.0 Å². The van der Waals surface area contributed by atoms with Crippen molar-refractivity contribution in [3.63, 3.8) is 0 Å². The van der Waals surface area contributed by atoms with Crippen LogP contribution in [0.4, 0.5) is 11.4 Å². The molecule has 1 aromatic carbocycles. The van der Waals surface area contributed by atoms with Crippen molar-refractivity contribution in [3.8, 4) is 0 Å². The normalized spacial score (nSPS) is 12.1. The van der Waals surface area contributed by atoms with Crippen molar-refractivity contribution in [2.75, 3.05) is 24.3 Å². The van der Waals surface area contributed by atoms with E-state index in [1.165, 1.54) is 0 Å². The number of ether oxygens (including phenoxy) is 1. The van der Waals surface area contributed by atoms with Crippen molar-refractivity contribution in [3.05, 3.63) is 24.3 Å². The molecule has 1 unspecified atom stereocenters. The van der Waals surface area contributed by atoms with Gasteiger partial charge in [-0.25, -0.2) is 0 Å². The molecular formula is C11H16N2O3. The first-order chi connectivity index (χ1) is 7.65. The number of nitrogens with one attached hydrogen (secondary N) is 1. The highest BCUT2D eigenvalue weighted by Crippen LogP contribution is 2.16. The minimum atomic E-state index is -0.619. The Morgan fingerprint density at radius 1 is 1.56 bits per heavy atom. The van der Waals surface area contributed by atoms with Crippen LogP contribution in [0.2, 0.25) is 0 Å². The molecule has 0 aromatic heterocycles. The SMILES string of the molecule is CC(OCCO)C(=O)Nc1ccccc1N. The predicted molar refractivity (Wildman–Crippen MR) is 62.0 cm³/mol. The van der Waals surface area contributed by atoms with E-state index in [0.29, 0.717) is 11.4 Å². The van der Waals surface area contributed by atoms with Gasteiger partial charge in [0.15, 0.2) is 0 Å². The van der Waals surface area contributed by atoms with Crippen LogP contribution in [-0.2, 0) is 9.53 Å². The van der Waals surface area contributed by atoms with Crippen LogP contribution in [0.1, 0.15) is 6.92 Å². The fourth-order valence-electron chi connectivity index (χ4n) is 1.15. The molecule has 1 rings (SSSR count). The summed E-state index contributed by atoms with van der Waals surface area (Å²) < 4.78 is 5.06. The fourth-order valence-corrected chi connectivity index (χ4v) is 1.15. The molecule has 0 aliphatic rings. The maximum Gasteiger partial charge on any atom is 0.253 e. The van der Waals surface area contributed by atoms with Gasteiger partial charge in [-0.2, -0.15) is 0 Å². The standard InChI is InChI=1S/C11H16N2O3/c1-8(16-7-6-14)11(15)13-10-5-3-2-4-9(10)12/h2-5,8,14H,6-7,12H2,1H3,(H,13,15). The van der Waals surface area contributed by atoms with Crippen molar-refractivity contribution in [1.82, 2.24) is 0 Å². The molecular weight excluding hydrogens is 208 g/mol. The number of para-hydroxylation sites is 2. The number of nitrogen functional groups attached to an aromatic ring is 1. The third kappa shape index (κ3) is 3.52. The second-order valence-corrected chi connectivity index (χ2v) is 3.31. The molecule has 0 radical (unpaired) electrons. The predicted octanol–water partition coefficient (Wildman–Crippen LogP) is 0.605. The monoisotopic (exact) mass is 224 g/mol. The van der Waals surface area contributed by atoms with Gasteiger partial charge >= 0.3 is 0 Å². The highest BCUT2D eigenvalue weighted by molar-refractivity contribution is 5.96. The molecule has 1 aromatic rings. The van der Waals surface area contributed by atoms with Gasteiger partial charge in [0.1, 0.15) is 6.10 Å². The number of amides is 1. The van der Waals surface area contributed by atoms with Gasteiger partial charge in [0.2, 0.25) is 0 Å². The van der Waals surface area contributed by atoms with Gasteiger partial charge in [-0.05, 0) is 19.1 Å². The van der Waals surface area contributed by atoms with Gasteiger partial charge in [-0.1, -0.05) is 12.1 Å². The number of carbonyl (C=O) groups excluding carboxylic acids is 1. The number of aliphatic hydroxyl groups excluding tert-OH is 1. The van der Waals surface area contributed by atoms with Crippen LogP contribution in [0.25, 0.3) is 0 Å². The van der Waals surface area contributed by atoms with Crippen molar-refractivity contribution in [2.24, 2.45) is 0 Å². The maximum absolute atomic E-state index is 11.6. The number of carbonyl (C=O) groups is 1. The highest BCUT2D eigenvalue weighted by Gasteiger charge is 2.13. The van der Waals surface area contributed by atoms with Crippen molar-refractivity contribution < 1.29 is 14.6 Å². The zero-order chi connectivity index (χ0) is 12.0. The Labute approximate surface area is 94.2 Å². The van der Waals surface area contributed by atoms with E-state index < -0.39 is 6.10 Å². The Bertz CT molecular complexity index is 355. The molecule has 0 aliphatic carbocycles. The molecule has 88 valence electrons. The zero-order valence-electron chi connectivity index (χ0n) is 9.14. The number of nitrogens with two attached hydrogens (primary N) is 1. The topological polar surface area (TPSA) is 84.6 Å². The molecule has 5 heteroatoms. The Morgan fingerprint density at radius 2 is 2.25 bits per heavy atom. The first-order valence-corrected chi connectivity index (χ1v) is 5.03. The van der Waals surface area contributed by atoms with E-state index in [9.17, 15) is 4.79 Å². The summed E-state index contributed by atoms with van der Waals surface area (Å²) in [4.78, 5) is 11.6. The van der Waals surface area contributed by atoms with Gasteiger partial charge < -0.3 is 20.9 Å². The number of aliphatic hydroxyl groups is 1. The molecule has 0 aliphatic heterocycles. The second kappa shape index (κ2) is 6.09. The summed E-state index contributed by atoms with van der Waals surface area (Å²) >= 11 is 0. The summed E-state index contributed by atoms with van der Waals surface area (Å²) in [5.74, 6) is -0.286. The summed E-state index contributed by atoms with van der Waals surface area (Å²) in [6.45, 7) is 1.65. The van der Waals surface area contributed by atoms with E-state index in [4.69, 9.17) is 15.6 Å². The van der Waals surface area contributed by atoms with Gasteiger partial charge in [0.05, 0.1) is 24.6 Å². The first kappa shape index (κ1) is 12.5. The number of benzene rings is 1. The highest BCUT2D eigenvalue weighted by atomic mass is 16.5. The Balaban J connectivity index is 2.54. The third-order valence-electron chi connectivity index (χ3n) is 2.05. The quantitative estimate of drug-likeness (QED) is 0.639. The fraction of sp³-hybridized carbons (Fsp3) is 0.364. The Morgan fingerprint density at radius 3 is 2.88 bits per heavy atom. The molecule has 0 fully saturated rings.